The van der Waals surface area contributed by atoms with Crippen molar-refractivity contribution in [3.8, 4) is 0 Å². The highest BCUT2D eigenvalue weighted by Gasteiger charge is 2.39. The molecule has 2 atom stereocenters. The SMILES string of the molecule is O=C1OCC(Br)C2=C1C(c1ccccc1)OC2. The predicted octanol–water partition coefficient (Wildman–Crippen LogP) is 2.37. The molecule has 0 saturated carbocycles. The molecule has 0 amide bonds. The number of rotatable bonds is 1. The Morgan fingerprint density at radius 3 is 2.76 bits per heavy atom. The van der Waals surface area contributed by atoms with Gasteiger partial charge in [-0.1, -0.05) is 46.3 Å². The molecule has 1 aromatic rings. The van der Waals surface area contributed by atoms with Crippen molar-refractivity contribution in [2.24, 2.45) is 0 Å². The number of alkyl halides is 1. The third kappa shape index (κ3) is 1.81. The Morgan fingerprint density at radius 1 is 1.24 bits per heavy atom. The van der Waals surface area contributed by atoms with Crippen LogP contribution < -0.4 is 0 Å². The average Bonchev–Trinajstić information content (AvgIpc) is 2.81. The van der Waals surface area contributed by atoms with E-state index in [0.29, 0.717) is 18.8 Å². The van der Waals surface area contributed by atoms with Gasteiger partial charge in [-0.25, -0.2) is 4.79 Å². The fraction of sp³-hybridized carbons (Fsp3) is 0.308. The van der Waals surface area contributed by atoms with Crippen molar-refractivity contribution in [3.05, 3.63) is 47.0 Å². The van der Waals surface area contributed by atoms with Crippen molar-refractivity contribution in [1.29, 1.82) is 0 Å². The number of hydrogen-bond acceptors (Lipinski definition) is 3. The minimum absolute atomic E-state index is 0.0870. The van der Waals surface area contributed by atoms with Crippen LogP contribution in [0.15, 0.2) is 41.5 Å². The van der Waals surface area contributed by atoms with Crippen LogP contribution in [0.2, 0.25) is 0 Å². The monoisotopic (exact) mass is 294 g/mol. The van der Waals surface area contributed by atoms with E-state index in [0.717, 1.165) is 11.1 Å². The lowest BCUT2D eigenvalue weighted by atomic mass is 9.97. The van der Waals surface area contributed by atoms with Crippen LogP contribution in [0, 0.1) is 0 Å². The number of cyclic esters (lactones) is 1. The van der Waals surface area contributed by atoms with Gasteiger partial charge in [-0.15, -0.1) is 0 Å². The molecular weight excluding hydrogens is 284 g/mol. The predicted molar refractivity (Wildman–Crippen MR) is 65.8 cm³/mol. The maximum absolute atomic E-state index is 11.8. The molecule has 0 N–H and O–H groups in total. The maximum atomic E-state index is 11.8. The van der Waals surface area contributed by atoms with Gasteiger partial charge in [-0.05, 0) is 11.1 Å². The van der Waals surface area contributed by atoms with Gasteiger partial charge < -0.3 is 9.47 Å². The van der Waals surface area contributed by atoms with Crippen LogP contribution in [-0.4, -0.2) is 24.0 Å². The van der Waals surface area contributed by atoms with Crippen LogP contribution in [0.5, 0.6) is 0 Å². The lowest BCUT2D eigenvalue weighted by molar-refractivity contribution is -0.140. The Morgan fingerprint density at radius 2 is 2.00 bits per heavy atom. The standard InChI is InChI=1S/C13H11BrO3/c14-10-7-17-13(15)11-9(10)6-16-12(11)8-4-2-1-3-5-8/h1-5,10,12H,6-7H2. The van der Waals surface area contributed by atoms with Crippen LogP contribution in [0.3, 0.4) is 0 Å². The zero-order valence-corrected chi connectivity index (χ0v) is 10.6. The molecule has 4 heteroatoms. The highest BCUT2D eigenvalue weighted by atomic mass is 79.9. The van der Waals surface area contributed by atoms with Gasteiger partial charge in [0.15, 0.2) is 0 Å². The Bertz CT molecular complexity index is 481. The number of carbonyl (C=O) groups is 1. The summed E-state index contributed by atoms with van der Waals surface area (Å²) in [5, 5.41) is 0. The summed E-state index contributed by atoms with van der Waals surface area (Å²) < 4.78 is 10.9. The van der Waals surface area contributed by atoms with Gasteiger partial charge in [-0.2, -0.15) is 0 Å². The normalized spacial score (nSPS) is 27.9. The summed E-state index contributed by atoms with van der Waals surface area (Å²) in [7, 11) is 0. The summed E-state index contributed by atoms with van der Waals surface area (Å²) in [5.74, 6) is -0.248. The number of halogens is 1. The van der Waals surface area contributed by atoms with Crippen molar-refractivity contribution < 1.29 is 14.3 Å². The quantitative estimate of drug-likeness (QED) is 0.589. The maximum Gasteiger partial charge on any atom is 0.337 e. The highest BCUT2D eigenvalue weighted by molar-refractivity contribution is 9.09. The first-order chi connectivity index (χ1) is 8.27. The van der Waals surface area contributed by atoms with Gasteiger partial charge in [0.25, 0.3) is 0 Å². The van der Waals surface area contributed by atoms with E-state index >= 15 is 0 Å². The van der Waals surface area contributed by atoms with Gasteiger partial charge in [0.1, 0.15) is 12.7 Å². The van der Waals surface area contributed by atoms with Crippen LogP contribution in [-0.2, 0) is 14.3 Å². The smallest absolute Gasteiger partial charge is 0.337 e. The number of esters is 1. The van der Waals surface area contributed by atoms with E-state index in [2.05, 4.69) is 15.9 Å². The zero-order valence-electron chi connectivity index (χ0n) is 9.06. The Balaban J connectivity index is 2.02. The van der Waals surface area contributed by atoms with E-state index in [-0.39, 0.29) is 16.9 Å². The topological polar surface area (TPSA) is 35.5 Å². The lowest BCUT2D eigenvalue weighted by Crippen LogP contribution is -2.26. The third-order valence-electron chi connectivity index (χ3n) is 3.07. The summed E-state index contributed by atoms with van der Waals surface area (Å²) in [6.45, 7) is 0.891. The molecule has 0 bridgehead atoms. The molecule has 0 spiro atoms. The summed E-state index contributed by atoms with van der Waals surface area (Å²) in [6, 6.07) is 9.76. The molecule has 0 saturated heterocycles. The Kier molecular flexibility index (Phi) is 2.76. The van der Waals surface area contributed by atoms with Crippen molar-refractivity contribution in [2.45, 2.75) is 10.9 Å². The molecule has 0 aliphatic carbocycles. The number of carbonyl (C=O) groups excluding carboxylic acids is 1. The minimum Gasteiger partial charge on any atom is -0.461 e. The van der Waals surface area contributed by atoms with Gasteiger partial charge in [0.05, 0.1) is 17.0 Å². The fourth-order valence-corrected chi connectivity index (χ4v) is 2.73. The molecule has 1 aromatic carbocycles. The first-order valence-electron chi connectivity index (χ1n) is 5.48. The van der Waals surface area contributed by atoms with Gasteiger partial charge in [0.2, 0.25) is 0 Å². The van der Waals surface area contributed by atoms with Crippen molar-refractivity contribution in [1.82, 2.24) is 0 Å². The number of hydrogen-bond donors (Lipinski definition) is 0. The summed E-state index contributed by atoms with van der Waals surface area (Å²) in [4.78, 5) is 11.9. The van der Waals surface area contributed by atoms with E-state index in [1.165, 1.54) is 0 Å². The molecular formula is C13H11BrO3. The van der Waals surface area contributed by atoms with Gasteiger partial charge in [0, 0.05) is 0 Å². The Labute approximate surface area is 108 Å². The molecule has 0 aromatic heterocycles. The molecule has 17 heavy (non-hydrogen) atoms. The second-order valence-corrected chi connectivity index (χ2v) is 5.21. The molecule has 0 fully saturated rings. The van der Waals surface area contributed by atoms with E-state index in [9.17, 15) is 4.79 Å². The molecule has 2 unspecified atom stereocenters. The number of ether oxygens (including phenoxy) is 2. The van der Waals surface area contributed by atoms with Crippen LogP contribution in [0.25, 0.3) is 0 Å². The zero-order chi connectivity index (χ0) is 11.8. The summed E-state index contributed by atoms with van der Waals surface area (Å²) >= 11 is 3.51. The fourth-order valence-electron chi connectivity index (χ4n) is 2.22. The number of benzene rings is 1. The molecule has 3 rings (SSSR count). The largest absolute Gasteiger partial charge is 0.461 e. The first kappa shape index (κ1) is 11.0. The second kappa shape index (κ2) is 4.27. The van der Waals surface area contributed by atoms with Crippen LogP contribution in [0.1, 0.15) is 11.7 Å². The summed E-state index contributed by atoms with van der Waals surface area (Å²) in [5.41, 5.74) is 2.69. The van der Waals surface area contributed by atoms with E-state index in [1.807, 2.05) is 30.3 Å². The van der Waals surface area contributed by atoms with Gasteiger partial charge in [-0.3, -0.25) is 0 Å². The van der Waals surface area contributed by atoms with Crippen LogP contribution in [0.4, 0.5) is 0 Å². The van der Waals surface area contributed by atoms with E-state index < -0.39 is 0 Å². The molecule has 2 heterocycles. The average molecular weight is 295 g/mol. The second-order valence-electron chi connectivity index (χ2n) is 4.11. The molecule has 88 valence electrons. The van der Waals surface area contributed by atoms with E-state index in [4.69, 9.17) is 9.47 Å². The lowest BCUT2D eigenvalue weighted by Gasteiger charge is -2.20. The molecule has 0 radical (unpaired) electrons. The minimum atomic E-state index is -0.279. The van der Waals surface area contributed by atoms with Crippen molar-refractivity contribution in [3.63, 3.8) is 0 Å². The third-order valence-corrected chi connectivity index (χ3v) is 3.89. The first-order valence-corrected chi connectivity index (χ1v) is 6.39. The van der Waals surface area contributed by atoms with Crippen LogP contribution >= 0.6 is 15.9 Å². The van der Waals surface area contributed by atoms with Crippen molar-refractivity contribution >= 4 is 21.9 Å². The Hall–Kier alpha value is -1.13. The molecule has 3 nitrogen and oxygen atoms in total. The van der Waals surface area contributed by atoms with Crippen molar-refractivity contribution in [2.75, 3.05) is 13.2 Å². The highest BCUT2D eigenvalue weighted by Crippen LogP contribution is 2.40. The molecule has 2 aliphatic rings. The van der Waals surface area contributed by atoms with Gasteiger partial charge >= 0.3 is 5.97 Å². The molecule has 2 aliphatic heterocycles. The van der Waals surface area contributed by atoms with E-state index in [1.54, 1.807) is 0 Å². The summed E-state index contributed by atoms with van der Waals surface area (Å²) in [6.07, 6.45) is -0.279.